The third kappa shape index (κ3) is 2.80. The van der Waals surface area contributed by atoms with Crippen LogP contribution < -0.4 is 5.32 Å². The van der Waals surface area contributed by atoms with Crippen molar-refractivity contribution in [2.24, 2.45) is 0 Å². The Morgan fingerprint density at radius 1 is 1.42 bits per heavy atom. The summed E-state index contributed by atoms with van der Waals surface area (Å²) in [7, 11) is 0. The molecule has 5 heteroatoms. The average Bonchev–Trinajstić information content (AvgIpc) is 2.88. The molecule has 100 valence electrons. The van der Waals surface area contributed by atoms with Crippen LogP contribution in [0.1, 0.15) is 31.6 Å². The topological polar surface area (TPSA) is 51.0 Å². The van der Waals surface area contributed by atoms with E-state index in [0.717, 1.165) is 30.8 Å². The van der Waals surface area contributed by atoms with Crippen molar-refractivity contribution < 1.29 is 4.52 Å². The van der Waals surface area contributed by atoms with Gasteiger partial charge in [0.25, 0.3) is 0 Å². The lowest BCUT2D eigenvalue weighted by molar-refractivity contribution is 0.295. The maximum absolute atomic E-state index is 5.97. The van der Waals surface area contributed by atoms with E-state index in [1.165, 1.54) is 0 Å². The van der Waals surface area contributed by atoms with Gasteiger partial charge < -0.3 is 9.84 Å². The maximum Gasteiger partial charge on any atom is 0.230 e. The van der Waals surface area contributed by atoms with Crippen LogP contribution in [0.2, 0.25) is 5.02 Å². The summed E-state index contributed by atoms with van der Waals surface area (Å²) in [4.78, 5) is 4.52. The molecule has 19 heavy (non-hydrogen) atoms. The molecular weight excluding hydrogens is 262 g/mol. The van der Waals surface area contributed by atoms with E-state index in [0.29, 0.717) is 22.8 Å². The van der Waals surface area contributed by atoms with Crippen LogP contribution in [-0.2, 0) is 0 Å². The first kappa shape index (κ1) is 12.6. The van der Waals surface area contributed by atoms with Gasteiger partial charge in [-0.25, -0.2) is 0 Å². The largest absolute Gasteiger partial charge is 0.339 e. The number of piperidine rings is 1. The van der Waals surface area contributed by atoms with Gasteiger partial charge in [-0.15, -0.1) is 0 Å². The minimum atomic E-state index is 0.358. The Kier molecular flexibility index (Phi) is 3.53. The molecule has 0 radical (unpaired) electrons. The van der Waals surface area contributed by atoms with Gasteiger partial charge in [-0.3, -0.25) is 0 Å². The highest BCUT2D eigenvalue weighted by molar-refractivity contribution is 6.30. The molecular formula is C14H16ClN3O. The Hall–Kier alpha value is -1.39. The second-order valence-corrected chi connectivity index (χ2v) is 5.48. The summed E-state index contributed by atoms with van der Waals surface area (Å²) in [6.07, 6.45) is 2.08. The molecule has 1 N–H and O–H groups in total. The lowest BCUT2D eigenvalue weighted by Crippen LogP contribution is -2.34. The van der Waals surface area contributed by atoms with Gasteiger partial charge in [0, 0.05) is 22.5 Å². The van der Waals surface area contributed by atoms with E-state index in [-0.39, 0.29) is 0 Å². The minimum absolute atomic E-state index is 0.358. The van der Waals surface area contributed by atoms with Crippen molar-refractivity contribution in [1.82, 2.24) is 15.5 Å². The van der Waals surface area contributed by atoms with Gasteiger partial charge in [0.15, 0.2) is 0 Å². The van der Waals surface area contributed by atoms with Gasteiger partial charge in [0.1, 0.15) is 0 Å². The molecule has 1 aliphatic heterocycles. The van der Waals surface area contributed by atoms with Crippen LogP contribution in [0.4, 0.5) is 0 Å². The number of aromatic nitrogens is 2. The minimum Gasteiger partial charge on any atom is -0.339 e. The fraction of sp³-hybridized carbons (Fsp3) is 0.429. The molecule has 2 aromatic rings. The summed E-state index contributed by atoms with van der Waals surface area (Å²) >= 11 is 5.97. The normalized spacial score (nSPS) is 23.5. The van der Waals surface area contributed by atoms with Crippen LogP contribution in [0.3, 0.4) is 0 Å². The summed E-state index contributed by atoms with van der Waals surface area (Å²) < 4.78 is 5.41. The number of hydrogen-bond acceptors (Lipinski definition) is 4. The van der Waals surface area contributed by atoms with Crippen LogP contribution in [0.5, 0.6) is 0 Å². The lowest BCUT2D eigenvalue weighted by atomic mass is 9.93. The Morgan fingerprint density at radius 2 is 2.32 bits per heavy atom. The van der Waals surface area contributed by atoms with Crippen LogP contribution >= 0.6 is 11.6 Å². The molecule has 4 nitrogen and oxygen atoms in total. The van der Waals surface area contributed by atoms with E-state index < -0.39 is 0 Å². The first-order valence-corrected chi connectivity index (χ1v) is 6.93. The Balaban J connectivity index is 1.83. The SMILES string of the molecule is CC1CC(c2nc(-c3cccc(Cl)c3)no2)CCN1. The molecule has 0 saturated carbocycles. The van der Waals surface area contributed by atoms with Crippen LogP contribution in [0, 0.1) is 0 Å². The molecule has 0 spiro atoms. The van der Waals surface area contributed by atoms with Crippen molar-refractivity contribution >= 4 is 11.6 Å². The van der Waals surface area contributed by atoms with Crippen LogP contribution in [-0.4, -0.2) is 22.7 Å². The molecule has 1 fully saturated rings. The van der Waals surface area contributed by atoms with Crippen molar-refractivity contribution in [2.45, 2.75) is 31.7 Å². The lowest BCUT2D eigenvalue weighted by Gasteiger charge is -2.25. The van der Waals surface area contributed by atoms with Gasteiger partial charge in [-0.1, -0.05) is 28.9 Å². The number of benzene rings is 1. The van der Waals surface area contributed by atoms with Crippen LogP contribution in [0.25, 0.3) is 11.4 Å². The fourth-order valence-electron chi connectivity index (χ4n) is 2.50. The zero-order valence-electron chi connectivity index (χ0n) is 10.8. The fourth-order valence-corrected chi connectivity index (χ4v) is 2.69. The number of halogens is 1. The molecule has 2 heterocycles. The molecule has 0 bridgehead atoms. The number of rotatable bonds is 2. The van der Waals surface area contributed by atoms with Crippen molar-refractivity contribution in [3.8, 4) is 11.4 Å². The molecule has 0 aliphatic carbocycles. The summed E-state index contributed by atoms with van der Waals surface area (Å²) in [5, 5.41) is 8.16. The predicted molar refractivity (Wildman–Crippen MR) is 74.2 cm³/mol. The summed E-state index contributed by atoms with van der Waals surface area (Å²) in [6, 6.07) is 8.01. The Morgan fingerprint density at radius 3 is 3.11 bits per heavy atom. The van der Waals surface area contributed by atoms with Gasteiger partial charge in [-0.2, -0.15) is 4.98 Å². The highest BCUT2D eigenvalue weighted by Gasteiger charge is 2.25. The maximum atomic E-state index is 5.97. The molecule has 0 amide bonds. The van der Waals surface area contributed by atoms with Gasteiger partial charge in [0.05, 0.1) is 0 Å². The van der Waals surface area contributed by atoms with E-state index in [4.69, 9.17) is 16.1 Å². The van der Waals surface area contributed by atoms with E-state index >= 15 is 0 Å². The second kappa shape index (κ2) is 5.31. The molecule has 3 rings (SSSR count). The Bertz CT molecular complexity index is 569. The van der Waals surface area contributed by atoms with E-state index in [2.05, 4.69) is 22.4 Å². The summed E-state index contributed by atoms with van der Waals surface area (Å²) in [6.45, 7) is 3.18. The monoisotopic (exact) mass is 277 g/mol. The van der Waals surface area contributed by atoms with E-state index in [1.807, 2.05) is 24.3 Å². The van der Waals surface area contributed by atoms with E-state index in [9.17, 15) is 0 Å². The zero-order chi connectivity index (χ0) is 13.2. The van der Waals surface area contributed by atoms with Crippen molar-refractivity contribution in [3.05, 3.63) is 35.2 Å². The third-order valence-corrected chi connectivity index (χ3v) is 3.73. The van der Waals surface area contributed by atoms with Gasteiger partial charge >= 0.3 is 0 Å². The summed E-state index contributed by atoms with van der Waals surface area (Å²) in [5.41, 5.74) is 0.893. The molecule has 1 aromatic heterocycles. The standard InChI is InChI=1S/C14H16ClN3O/c1-9-7-11(5-6-16-9)14-17-13(18-19-14)10-3-2-4-12(15)8-10/h2-4,8-9,11,16H,5-7H2,1H3. The first-order chi connectivity index (χ1) is 9.22. The number of nitrogens with zero attached hydrogens (tertiary/aromatic N) is 2. The quantitative estimate of drug-likeness (QED) is 0.915. The number of hydrogen-bond donors (Lipinski definition) is 1. The van der Waals surface area contributed by atoms with Crippen molar-refractivity contribution in [1.29, 1.82) is 0 Å². The molecule has 1 aromatic carbocycles. The van der Waals surface area contributed by atoms with Crippen molar-refractivity contribution in [3.63, 3.8) is 0 Å². The smallest absolute Gasteiger partial charge is 0.230 e. The highest BCUT2D eigenvalue weighted by Crippen LogP contribution is 2.28. The summed E-state index contributed by atoms with van der Waals surface area (Å²) in [5.74, 6) is 1.71. The number of nitrogens with one attached hydrogen (secondary N) is 1. The van der Waals surface area contributed by atoms with Crippen LogP contribution in [0.15, 0.2) is 28.8 Å². The first-order valence-electron chi connectivity index (χ1n) is 6.55. The second-order valence-electron chi connectivity index (χ2n) is 5.04. The van der Waals surface area contributed by atoms with E-state index in [1.54, 1.807) is 0 Å². The average molecular weight is 278 g/mol. The highest BCUT2D eigenvalue weighted by atomic mass is 35.5. The molecule has 2 atom stereocenters. The zero-order valence-corrected chi connectivity index (χ0v) is 11.5. The molecule has 1 saturated heterocycles. The van der Waals surface area contributed by atoms with Gasteiger partial charge in [0.2, 0.25) is 11.7 Å². The molecule has 1 aliphatic rings. The predicted octanol–water partition coefficient (Wildman–Crippen LogP) is 3.25. The van der Waals surface area contributed by atoms with Gasteiger partial charge in [-0.05, 0) is 38.4 Å². The Labute approximate surface area is 117 Å². The third-order valence-electron chi connectivity index (χ3n) is 3.50. The van der Waals surface area contributed by atoms with Crippen molar-refractivity contribution in [2.75, 3.05) is 6.54 Å². The molecule has 2 unspecified atom stereocenters.